The first kappa shape index (κ1) is 12.4. The highest BCUT2D eigenvalue weighted by molar-refractivity contribution is 5.38. The van der Waals surface area contributed by atoms with Gasteiger partial charge in [0.15, 0.2) is 0 Å². The number of aromatic nitrogens is 3. The topological polar surface area (TPSA) is 124 Å². The summed E-state index contributed by atoms with van der Waals surface area (Å²) in [7, 11) is 0. The summed E-state index contributed by atoms with van der Waals surface area (Å²) in [6.07, 6.45) is 1.90. The second-order valence-corrected chi connectivity index (χ2v) is 2.83. The standard InChI is InChI=1S/C7H14N6O3/c1-2-3-4-16-13-7-9-5(11-14)8-6(10-7)12-15/h14-15H,2-4H2,1H3,(H3,8,9,10,11,12,13). The normalized spacial score (nSPS) is 9.94. The summed E-state index contributed by atoms with van der Waals surface area (Å²) in [5.74, 6) is -0.166. The highest BCUT2D eigenvalue weighted by Crippen LogP contribution is 2.07. The predicted octanol–water partition coefficient (Wildman–Crippen LogP) is 0.617. The van der Waals surface area contributed by atoms with Gasteiger partial charge < -0.3 is 0 Å². The minimum atomic E-state index is -0.117. The van der Waals surface area contributed by atoms with Crippen LogP contribution in [0.5, 0.6) is 0 Å². The fraction of sp³-hybridized carbons (Fsp3) is 0.571. The van der Waals surface area contributed by atoms with Gasteiger partial charge in [0.25, 0.3) is 17.8 Å². The monoisotopic (exact) mass is 230 g/mol. The lowest BCUT2D eigenvalue weighted by Gasteiger charge is -2.07. The van der Waals surface area contributed by atoms with Crippen molar-refractivity contribution < 1.29 is 15.3 Å². The first-order valence-electron chi connectivity index (χ1n) is 4.74. The molecule has 1 rings (SSSR count). The molecule has 0 atom stereocenters. The summed E-state index contributed by atoms with van der Waals surface area (Å²) < 4.78 is 0. The highest BCUT2D eigenvalue weighted by atomic mass is 16.6. The fourth-order valence-corrected chi connectivity index (χ4v) is 0.854. The molecule has 5 N–H and O–H groups in total. The number of nitrogens with one attached hydrogen (secondary N) is 3. The van der Waals surface area contributed by atoms with Crippen LogP contribution in [-0.4, -0.2) is 32.0 Å². The Morgan fingerprint density at radius 3 is 2.12 bits per heavy atom. The summed E-state index contributed by atoms with van der Waals surface area (Å²) >= 11 is 0. The molecule has 0 aliphatic heterocycles. The SMILES string of the molecule is CCCCONc1nc(NO)nc(NO)n1. The molecule has 0 aromatic carbocycles. The van der Waals surface area contributed by atoms with Gasteiger partial charge in [-0.25, -0.2) is 16.4 Å². The molecule has 16 heavy (non-hydrogen) atoms. The molecule has 1 heterocycles. The molecule has 0 fully saturated rings. The van der Waals surface area contributed by atoms with Crippen molar-refractivity contribution in [2.24, 2.45) is 0 Å². The summed E-state index contributed by atoms with van der Waals surface area (Å²) in [6, 6.07) is 0. The van der Waals surface area contributed by atoms with Gasteiger partial charge in [-0.05, 0) is 6.42 Å². The first-order chi connectivity index (χ1) is 7.80. The lowest BCUT2D eigenvalue weighted by Crippen LogP contribution is -2.11. The summed E-state index contributed by atoms with van der Waals surface area (Å²) in [6.45, 7) is 2.54. The van der Waals surface area contributed by atoms with Crippen molar-refractivity contribution in [1.29, 1.82) is 0 Å². The number of hydrogen-bond donors (Lipinski definition) is 5. The van der Waals surface area contributed by atoms with Gasteiger partial charge in [-0.15, -0.1) is 0 Å². The third-order valence-corrected chi connectivity index (χ3v) is 1.60. The van der Waals surface area contributed by atoms with Crippen LogP contribution in [0, 0.1) is 0 Å². The van der Waals surface area contributed by atoms with E-state index in [1.54, 1.807) is 11.0 Å². The van der Waals surface area contributed by atoms with Crippen LogP contribution in [0.4, 0.5) is 17.8 Å². The maximum atomic E-state index is 8.61. The van der Waals surface area contributed by atoms with E-state index in [0.29, 0.717) is 6.61 Å². The van der Waals surface area contributed by atoms with Crippen LogP contribution in [0.25, 0.3) is 0 Å². The largest absolute Gasteiger partial charge is 0.288 e. The van der Waals surface area contributed by atoms with Crippen molar-refractivity contribution in [2.45, 2.75) is 19.8 Å². The number of unbranched alkanes of at least 4 members (excludes halogenated alkanes) is 1. The quantitative estimate of drug-likeness (QED) is 0.338. The zero-order valence-corrected chi connectivity index (χ0v) is 8.77. The van der Waals surface area contributed by atoms with E-state index >= 15 is 0 Å². The molecular formula is C7H14N6O3. The lowest BCUT2D eigenvalue weighted by molar-refractivity contribution is 0.186. The molecule has 90 valence electrons. The molecule has 0 saturated carbocycles. The average Bonchev–Trinajstić information content (AvgIpc) is 2.34. The Kier molecular flexibility index (Phi) is 5.19. The minimum absolute atomic E-state index is 0.0687. The maximum absolute atomic E-state index is 8.61. The number of anilines is 3. The van der Waals surface area contributed by atoms with Gasteiger partial charge in [0.05, 0.1) is 6.61 Å². The molecule has 0 aliphatic rings. The first-order valence-corrected chi connectivity index (χ1v) is 4.74. The second-order valence-electron chi connectivity index (χ2n) is 2.83. The molecule has 1 aromatic rings. The highest BCUT2D eigenvalue weighted by Gasteiger charge is 2.04. The molecular weight excluding hydrogens is 216 g/mol. The van der Waals surface area contributed by atoms with Gasteiger partial charge in [0.2, 0.25) is 0 Å². The fourth-order valence-electron chi connectivity index (χ4n) is 0.854. The Labute approximate surface area is 91.8 Å². The van der Waals surface area contributed by atoms with Gasteiger partial charge in [0, 0.05) is 0 Å². The van der Waals surface area contributed by atoms with Gasteiger partial charge >= 0.3 is 0 Å². The molecule has 0 radical (unpaired) electrons. The van der Waals surface area contributed by atoms with Gasteiger partial charge in [0.1, 0.15) is 0 Å². The van der Waals surface area contributed by atoms with Gasteiger partial charge in [-0.3, -0.25) is 15.3 Å². The van der Waals surface area contributed by atoms with Crippen molar-refractivity contribution in [2.75, 3.05) is 23.0 Å². The number of rotatable bonds is 7. The maximum Gasteiger partial charge on any atom is 0.253 e. The summed E-state index contributed by atoms with van der Waals surface area (Å²) in [5, 5.41) is 17.2. The van der Waals surface area contributed by atoms with Crippen LogP contribution in [0.2, 0.25) is 0 Å². The third-order valence-electron chi connectivity index (χ3n) is 1.60. The van der Waals surface area contributed by atoms with E-state index < -0.39 is 0 Å². The third kappa shape index (κ3) is 3.81. The Bertz CT molecular complexity index is 301. The van der Waals surface area contributed by atoms with E-state index in [1.165, 1.54) is 0 Å². The van der Waals surface area contributed by atoms with Gasteiger partial charge in [-0.2, -0.15) is 15.0 Å². The molecule has 0 amide bonds. The predicted molar refractivity (Wildman–Crippen MR) is 55.1 cm³/mol. The average molecular weight is 230 g/mol. The molecule has 9 nitrogen and oxygen atoms in total. The molecule has 0 saturated heterocycles. The Hall–Kier alpha value is -1.71. The Balaban J connectivity index is 2.57. The lowest BCUT2D eigenvalue weighted by atomic mass is 10.4. The van der Waals surface area contributed by atoms with Gasteiger partial charge in [-0.1, -0.05) is 13.3 Å². The summed E-state index contributed by atoms with van der Waals surface area (Å²) in [4.78, 5) is 16.1. The van der Waals surface area contributed by atoms with Crippen molar-refractivity contribution in [3.05, 3.63) is 0 Å². The minimum Gasteiger partial charge on any atom is -0.288 e. The van der Waals surface area contributed by atoms with E-state index in [1.807, 2.05) is 6.92 Å². The van der Waals surface area contributed by atoms with E-state index in [4.69, 9.17) is 15.3 Å². The van der Waals surface area contributed by atoms with Crippen LogP contribution in [0.3, 0.4) is 0 Å². The van der Waals surface area contributed by atoms with Crippen molar-refractivity contribution >= 4 is 17.8 Å². The number of hydrogen-bond acceptors (Lipinski definition) is 9. The molecule has 0 spiro atoms. The molecule has 9 heteroatoms. The van der Waals surface area contributed by atoms with Crippen molar-refractivity contribution in [1.82, 2.24) is 15.0 Å². The Morgan fingerprint density at radius 1 is 1.06 bits per heavy atom. The zero-order valence-electron chi connectivity index (χ0n) is 8.77. The van der Waals surface area contributed by atoms with E-state index in [-0.39, 0.29) is 17.8 Å². The van der Waals surface area contributed by atoms with Crippen LogP contribution in [0.1, 0.15) is 19.8 Å². The molecule has 1 aromatic heterocycles. The number of nitrogens with zero attached hydrogens (tertiary/aromatic N) is 3. The van der Waals surface area contributed by atoms with Crippen LogP contribution < -0.4 is 16.4 Å². The van der Waals surface area contributed by atoms with Crippen LogP contribution in [-0.2, 0) is 4.84 Å². The molecule has 0 aliphatic carbocycles. The second kappa shape index (κ2) is 6.71. The van der Waals surface area contributed by atoms with Crippen molar-refractivity contribution in [3.8, 4) is 0 Å². The van der Waals surface area contributed by atoms with E-state index in [2.05, 4.69) is 20.4 Å². The Morgan fingerprint density at radius 2 is 1.62 bits per heavy atom. The molecule has 0 bridgehead atoms. The zero-order chi connectivity index (χ0) is 11.8. The van der Waals surface area contributed by atoms with E-state index in [9.17, 15) is 0 Å². The van der Waals surface area contributed by atoms with Crippen molar-refractivity contribution in [3.63, 3.8) is 0 Å². The smallest absolute Gasteiger partial charge is 0.253 e. The summed E-state index contributed by atoms with van der Waals surface area (Å²) in [5.41, 5.74) is 5.93. The molecule has 0 unspecified atom stereocenters. The van der Waals surface area contributed by atoms with Crippen LogP contribution in [0.15, 0.2) is 0 Å². The van der Waals surface area contributed by atoms with Crippen LogP contribution >= 0.6 is 0 Å². The van der Waals surface area contributed by atoms with E-state index in [0.717, 1.165) is 12.8 Å².